The molecule has 0 amide bonds. The zero-order valence-corrected chi connectivity index (χ0v) is 13.2. The fourth-order valence-electron chi connectivity index (χ4n) is 0. The summed E-state index contributed by atoms with van der Waals surface area (Å²) in [5.41, 5.74) is 0. The molecule has 0 aliphatic carbocycles. The summed E-state index contributed by atoms with van der Waals surface area (Å²) < 4.78 is 156. The second-order valence-corrected chi connectivity index (χ2v) is 0.258. The lowest BCUT2D eigenvalue weighted by molar-refractivity contribution is 0.108. The van der Waals surface area contributed by atoms with Crippen LogP contribution in [0.3, 0.4) is 0 Å². The van der Waals surface area contributed by atoms with E-state index in [4.69, 9.17) is 83.7 Å². The van der Waals surface area contributed by atoms with E-state index in [-0.39, 0.29) is 0 Å². The van der Waals surface area contributed by atoms with Crippen LogP contribution in [0.5, 0.6) is 0 Å². The maximum atomic E-state index is 9.50. The van der Waals surface area contributed by atoms with E-state index in [1.54, 1.807) is 0 Å². The molecule has 178 valence electrons. The Balaban J connectivity index is -0.00000000795. The molecule has 0 N–H and O–H groups in total. The van der Waals surface area contributed by atoms with Crippen LogP contribution in [0.2, 0.25) is 0 Å². The van der Waals surface area contributed by atoms with Crippen molar-refractivity contribution in [1.29, 1.82) is 10.5 Å². The molecule has 0 aromatic heterocycles. The Bertz CT molecular complexity index is 93.3. The summed E-state index contributed by atoms with van der Waals surface area (Å²) in [6.45, 7) is 0. The molecule has 0 aliphatic heterocycles. The van der Waals surface area contributed by atoms with E-state index < -0.39 is 0 Å². The summed E-state index contributed by atoms with van der Waals surface area (Å²) in [5, 5.41) is 14.2. The fraction of sp³-hybridized carbons (Fsp3) is 0.600. The van der Waals surface area contributed by atoms with E-state index in [0.717, 1.165) is 0 Å². The summed E-state index contributed by atoms with van der Waals surface area (Å²) in [7, 11) is 9.81. The van der Waals surface area contributed by atoms with Gasteiger partial charge in [0.2, 0.25) is 15.7 Å². The molecule has 0 aliphatic rings. The van der Waals surface area contributed by atoms with Crippen molar-refractivity contribution in [3.63, 3.8) is 0 Å². The number of hydrogen-bond donors (Lipinski definition) is 0. The molecular weight excluding hydrogens is 471 g/mol. The molecule has 0 saturated carbocycles. The molecule has 2 nitrogen and oxygen atoms in total. The van der Waals surface area contributed by atoms with Crippen LogP contribution < -0.4 is 0 Å². The largest absolute Gasteiger partial charge is 0.255 e. The highest BCUT2D eigenvalue weighted by atomic mass is 20.0. The lowest BCUT2D eigenvalue weighted by atomic mass is 10.2. The van der Waals surface area contributed by atoms with Crippen molar-refractivity contribution >= 4 is 15.7 Å². The molecule has 28 heavy (non-hydrogen) atoms. The monoisotopic (exact) mass is 480 g/mol. The normalized spacial score (nSPS) is 2.86. The first kappa shape index (κ1) is 96.9. The highest BCUT2D eigenvalue weighted by Crippen LogP contribution is 1.43. The minimum Gasteiger partial charge on any atom is -0.255 e. The average molecular weight is 480 g/mol. The van der Waals surface area contributed by atoms with Gasteiger partial charge in [-0.2, -0.15) is 0 Å². The summed E-state index contributed by atoms with van der Waals surface area (Å²) in [6.07, 6.45) is 0. The molecule has 0 atom stereocenters. The SMILES string of the molecule is CF.CF.CF.FF.FF.FF.FF.FF.FF.FF.FF.[B]C#N.[B]C#N. The third-order valence-electron chi connectivity index (χ3n) is 0. The highest BCUT2D eigenvalue weighted by molar-refractivity contribution is 6.20. The van der Waals surface area contributed by atoms with Crippen LogP contribution in [0.4, 0.5) is 86.4 Å². The quantitative estimate of drug-likeness (QED) is 0.263. The predicted octanol–water partition coefficient (Wildman–Crippen LogP) is 7.75. The van der Waals surface area contributed by atoms with Gasteiger partial charge in [-0.3, -0.25) is 13.2 Å². The molecule has 0 heterocycles. The predicted molar refractivity (Wildman–Crippen MR) is 61.6 cm³/mol. The van der Waals surface area contributed by atoms with Crippen LogP contribution in [0.25, 0.3) is 0 Å². The lowest BCUT2D eigenvalue weighted by Gasteiger charge is -1.12. The summed E-state index contributed by atoms with van der Waals surface area (Å²) in [5.74, 6) is 2.50. The Morgan fingerprint density at radius 3 is 0.357 bits per heavy atom. The van der Waals surface area contributed by atoms with Crippen molar-refractivity contribution in [3.8, 4) is 11.9 Å². The molecule has 0 fully saturated rings. The van der Waals surface area contributed by atoms with Gasteiger partial charge in [-0.25, -0.2) is 10.5 Å². The number of hydrogen-bond acceptors (Lipinski definition) is 2. The lowest BCUT2D eigenvalue weighted by Crippen LogP contribution is -1.32. The number of rotatable bonds is 0. The number of nitrogens with zero attached hydrogens (tertiary/aromatic N) is 2. The van der Waals surface area contributed by atoms with Crippen LogP contribution in [-0.4, -0.2) is 37.2 Å². The van der Waals surface area contributed by atoms with Crippen molar-refractivity contribution in [2.24, 2.45) is 0 Å². The van der Waals surface area contributed by atoms with Gasteiger partial charge < -0.3 is 0 Å². The first-order chi connectivity index (χ1) is 13.8. The molecule has 0 aromatic carbocycles. The van der Waals surface area contributed by atoms with Crippen molar-refractivity contribution in [1.82, 2.24) is 0 Å². The molecule has 0 bridgehead atoms. The van der Waals surface area contributed by atoms with Gasteiger partial charge in [-0.1, -0.05) is 0 Å². The van der Waals surface area contributed by atoms with Crippen molar-refractivity contribution < 1.29 is 86.4 Å². The molecule has 4 radical (unpaired) electrons. The standard InChI is InChI=1S/2CBN.3CH3F.8F2/c2*2-1-3;11*1-2/h;;3*1H3;;;;;;;;. The average Bonchev–Trinajstić information content (AvgIpc) is 2.88. The fourth-order valence-corrected chi connectivity index (χ4v) is 0. The summed E-state index contributed by atoms with van der Waals surface area (Å²) >= 11 is 0. The Kier molecular flexibility index (Phi) is 1000000. The van der Waals surface area contributed by atoms with Gasteiger partial charge in [0.15, 0.2) is 0 Å². The number of alkyl halides is 3. The second-order valence-electron chi connectivity index (χ2n) is 0.258. The van der Waals surface area contributed by atoms with Crippen molar-refractivity contribution in [2.75, 3.05) is 21.5 Å². The van der Waals surface area contributed by atoms with Gasteiger partial charge in [-0.05, 0) is 11.9 Å². The molecule has 0 rings (SSSR count). The first-order valence-electron chi connectivity index (χ1n) is 3.30. The molecule has 0 unspecified atom stereocenters. The van der Waals surface area contributed by atoms with E-state index in [0.29, 0.717) is 21.5 Å². The Labute approximate surface area is 147 Å². The summed E-state index contributed by atoms with van der Waals surface area (Å²) in [6, 6.07) is 0. The highest BCUT2D eigenvalue weighted by Gasteiger charge is 1.23. The van der Waals surface area contributed by atoms with E-state index in [9.17, 15) is 13.2 Å². The zero-order valence-electron chi connectivity index (χ0n) is 13.2. The first-order valence-corrected chi connectivity index (χ1v) is 3.30. The maximum Gasteiger partial charge on any atom is 0.229 e. The minimum atomic E-state index is 0.500. The van der Waals surface area contributed by atoms with Crippen molar-refractivity contribution in [2.45, 2.75) is 0 Å². The van der Waals surface area contributed by atoms with Crippen LogP contribution in [-0.2, 0) is 0 Å². The molecule has 0 saturated heterocycles. The van der Waals surface area contributed by atoms with Gasteiger partial charge >= 0.3 is 0 Å². The van der Waals surface area contributed by atoms with E-state index in [2.05, 4.69) is 15.7 Å². The third kappa shape index (κ3) is 2500. The van der Waals surface area contributed by atoms with Crippen molar-refractivity contribution in [3.05, 3.63) is 0 Å². The topological polar surface area (TPSA) is 47.6 Å². The van der Waals surface area contributed by atoms with E-state index >= 15 is 0 Å². The van der Waals surface area contributed by atoms with Crippen LogP contribution in [0.15, 0.2) is 0 Å². The molecular formula is C5H9B2F19N2. The summed E-state index contributed by atoms with van der Waals surface area (Å²) in [4.78, 5) is 0. The Hall–Kier alpha value is -2.22. The van der Waals surface area contributed by atoms with E-state index in [1.165, 1.54) is 11.9 Å². The minimum absolute atomic E-state index is 0.500. The Morgan fingerprint density at radius 2 is 0.357 bits per heavy atom. The third-order valence-corrected chi connectivity index (χ3v) is 0. The maximum absolute atomic E-state index is 9.50. The Morgan fingerprint density at radius 1 is 0.357 bits per heavy atom. The zero-order chi connectivity index (χ0) is 27.4. The van der Waals surface area contributed by atoms with Gasteiger partial charge in [-0.15, -0.1) is 0 Å². The number of nitriles is 2. The van der Waals surface area contributed by atoms with Gasteiger partial charge in [0.05, 0.1) is 21.5 Å². The number of halogens is 19. The van der Waals surface area contributed by atoms with Gasteiger partial charge in [0.25, 0.3) is 0 Å². The smallest absolute Gasteiger partial charge is 0.229 e. The molecule has 0 aromatic rings. The molecule has 0 spiro atoms. The molecule has 23 heteroatoms. The van der Waals surface area contributed by atoms with E-state index in [1.807, 2.05) is 0 Å². The van der Waals surface area contributed by atoms with Gasteiger partial charge in [0, 0.05) is 73.2 Å². The van der Waals surface area contributed by atoms with Crippen LogP contribution >= 0.6 is 0 Å². The van der Waals surface area contributed by atoms with Gasteiger partial charge in [0.1, 0.15) is 0 Å². The van der Waals surface area contributed by atoms with Crippen LogP contribution in [0.1, 0.15) is 0 Å². The van der Waals surface area contributed by atoms with Crippen LogP contribution in [0, 0.1) is 22.5 Å². The second kappa shape index (κ2) is 289000.